The zero-order valence-electron chi connectivity index (χ0n) is 19.5. The van der Waals surface area contributed by atoms with Crippen LogP contribution in [0.15, 0.2) is 48.5 Å². The highest BCUT2D eigenvalue weighted by Crippen LogP contribution is 2.45. The van der Waals surface area contributed by atoms with Gasteiger partial charge < -0.3 is 20.5 Å². The maximum absolute atomic E-state index is 12.5. The average Bonchev–Trinajstić information content (AvgIpc) is 3.12. The number of aliphatic carboxylic acids is 1. The molecule has 0 unspecified atom stereocenters. The van der Waals surface area contributed by atoms with E-state index in [0.717, 1.165) is 30.4 Å². The number of alkyl carbamates (subject to hydrolysis) is 1. The monoisotopic (exact) mass is 464 g/mol. The molecule has 7 heteroatoms. The van der Waals surface area contributed by atoms with E-state index in [1.54, 1.807) is 0 Å². The Morgan fingerprint density at radius 1 is 1.06 bits per heavy atom. The van der Waals surface area contributed by atoms with Crippen molar-refractivity contribution in [2.24, 2.45) is 5.41 Å². The van der Waals surface area contributed by atoms with Crippen LogP contribution >= 0.6 is 0 Å². The molecule has 3 N–H and O–H groups in total. The van der Waals surface area contributed by atoms with Gasteiger partial charge in [0.15, 0.2) is 0 Å². The zero-order chi connectivity index (χ0) is 24.1. The van der Waals surface area contributed by atoms with Crippen LogP contribution in [0.2, 0.25) is 0 Å². The lowest BCUT2D eigenvalue weighted by molar-refractivity contribution is -0.137. The number of carbonyl (C=O) groups is 3. The van der Waals surface area contributed by atoms with Gasteiger partial charge >= 0.3 is 12.1 Å². The number of benzene rings is 2. The summed E-state index contributed by atoms with van der Waals surface area (Å²) in [6.07, 6.45) is 2.96. The van der Waals surface area contributed by atoms with Crippen molar-refractivity contribution in [1.29, 1.82) is 0 Å². The van der Waals surface area contributed by atoms with Gasteiger partial charge in [-0.25, -0.2) is 4.79 Å². The predicted octanol–water partition coefficient (Wildman–Crippen LogP) is 4.46. The molecule has 34 heavy (non-hydrogen) atoms. The van der Waals surface area contributed by atoms with Crippen molar-refractivity contribution in [3.63, 3.8) is 0 Å². The molecule has 4 rings (SSSR count). The molecule has 0 aliphatic heterocycles. The summed E-state index contributed by atoms with van der Waals surface area (Å²) in [7, 11) is 0. The van der Waals surface area contributed by atoms with Crippen LogP contribution in [0.3, 0.4) is 0 Å². The molecule has 0 saturated heterocycles. The molecule has 0 bridgehead atoms. The van der Waals surface area contributed by atoms with Gasteiger partial charge in [0.25, 0.3) is 0 Å². The van der Waals surface area contributed by atoms with Gasteiger partial charge in [0, 0.05) is 24.9 Å². The molecule has 2 aromatic carbocycles. The Labute approximate surface area is 199 Å². The summed E-state index contributed by atoms with van der Waals surface area (Å²) in [5.74, 6) is -1.09. The number of carbonyl (C=O) groups excluding carboxylic acids is 2. The van der Waals surface area contributed by atoms with Crippen molar-refractivity contribution in [2.75, 3.05) is 13.2 Å². The molecule has 1 saturated carbocycles. The van der Waals surface area contributed by atoms with Gasteiger partial charge in [-0.2, -0.15) is 0 Å². The summed E-state index contributed by atoms with van der Waals surface area (Å²) >= 11 is 0. The fourth-order valence-electron chi connectivity index (χ4n) is 5.13. The first-order chi connectivity index (χ1) is 16.4. The van der Waals surface area contributed by atoms with Crippen LogP contribution in [0.1, 0.15) is 62.5 Å². The molecule has 2 aromatic rings. The topological polar surface area (TPSA) is 105 Å². The number of carboxylic acids is 1. The number of amides is 2. The van der Waals surface area contributed by atoms with Crippen LogP contribution in [0, 0.1) is 5.41 Å². The van der Waals surface area contributed by atoms with Crippen molar-refractivity contribution in [1.82, 2.24) is 10.6 Å². The van der Waals surface area contributed by atoms with Crippen LogP contribution in [-0.2, 0) is 14.3 Å². The quantitative estimate of drug-likeness (QED) is 0.482. The number of hydrogen-bond donors (Lipinski definition) is 3. The normalized spacial score (nSPS) is 16.5. The molecule has 1 atom stereocenters. The fourth-order valence-corrected chi connectivity index (χ4v) is 5.13. The smallest absolute Gasteiger partial charge is 0.407 e. The van der Waals surface area contributed by atoms with E-state index in [-0.39, 0.29) is 42.7 Å². The van der Waals surface area contributed by atoms with E-state index >= 15 is 0 Å². The van der Waals surface area contributed by atoms with Crippen LogP contribution in [0.25, 0.3) is 11.1 Å². The Hall–Kier alpha value is -3.35. The lowest BCUT2D eigenvalue weighted by atomic mass is 9.66. The van der Waals surface area contributed by atoms with E-state index in [1.807, 2.05) is 31.2 Å². The number of hydrogen-bond acceptors (Lipinski definition) is 4. The molecule has 2 aliphatic carbocycles. The van der Waals surface area contributed by atoms with E-state index in [2.05, 4.69) is 34.9 Å². The highest BCUT2D eigenvalue weighted by atomic mass is 16.5. The molecule has 2 amide bonds. The van der Waals surface area contributed by atoms with Gasteiger partial charge in [-0.05, 0) is 46.9 Å². The molecule has 2 aliphatic rings. The standard InChI is InChI=1S/C27H32N2O5/c1-2-18(14-25(31)32)29-24(30)15-27(12-7-13-27)17-28-26(33)34-16-23-21-10-5-3-8-19(21)20-9-4-6-11-22(20)23/h3-6,8-11,18,23H,2,7,12-17H2,1H3,(H,28,33)(H,29,30)(H,31,32)/t18-/m0/s1. The van der Waals surface area contributed by atoms with Gasteiger partial charge in [0.1, 0.15) is 6.61 Å². The Kier molecular flexibility index (Phi) is 7.20. The Morgan fingerprint density at radius 2 is 1.68 bits per heavy atom. The molecule has 1 fully saturated rings. The van der Waals surface area contributed by atoms with E-state index in [9.17, 15) is 14.4 Å². The fraction of sp³-hybridized carbons (Fsp3) is 0.444. The molecule has 0 aromatic heterocycles. The second-order valence-corrected chi connectivity index (χ2v) is 9.48. The molecule has 7 nitrogen and oxygen atoms in total. The van der Waals surface area contributed by atoms with E-state index < -0.39 is 12.1 Å². The van der Waals surface area contributed by atoms with Crippen molar-refractivity contribution in [3.8, 4) is 11.1 Å². The van der Waals surface area contributed by atoms with Crippen LogP contribution < -0.4 is 10.6 Å². The minimum atomic E-state index is -0.928. The second-order valence-electron chi connectivity index (χ2n) is 9.48. The molecule has 0 heterocycles. The number of nitrogens with one attached hydrogen (secondary N) is 2. The SMILES string of the molecule is CC[C@@H](CC(=O)O)NC(=O)CC1(CNC(=O)OCC2c3ccccc3-c3ccccc32)CCC1. The Balaban J connectivity index is 1.30. The van der Waals surface area contributed by atoms with Crippen LogP contribution in [0.5, 0.6) is 0 Å². The largest absolute Gasteiger partial charge is 0.481 e. The summed E-state index contributed by atoms with van der Waals surface area (Å²) in [6, 6.07) is 16.0. The second kappa shape index (κ2) is 10.3. The summed E-state index contributed by atoms with van der Waals surface area (Å²) in [5, 5.41) is 14.7. The Bertz CT molecular complexity index is 1020. The maximum atomic E-state index is 12.5. The number of carboxylic acid groups (broad SMARTS) is 1. The van der Waals surface area contributed by atoms with Gasteiger partial charge in [0.2, 0.25) is 5.91 Å². The third-order valence-corrected chi connectivity index (χ3v) is 7.18. The van der Waals surface area contributed by atoms with Gasteiger partial charge in [0.05, 0.1) is 6.42 Å². The Morgan fingerprint density at radius 3 is 2.21 bits per heavy atom. The van der Waals surface area contributed by atoms with E-state index in [0.29, 0.717) is 13.0 Å². The van der Waals surface area contributed by atoms with E-state index in [1.165, 1.54) is 11.1 Å². The van der Waals surface area contributed by atoms with Gasteiger partial charge in [-0.1, -0.05) is 61.9 Å². The molecule has 0 radical (unpaired) electrons. The van der Waals surface area contributed by atoms with Crippen molar-refractivity contribution in [3.05, 3.63) is 59.7 Å². The number of fused-ring (bicyclic) bond motifs is 3. The summed E-state index contributed by atoms with van der Waals surface area (Å²) < 4.78 is 5.62. The summed E-state index contributed by atoms with van der Waals surface area (Å²) in [4.78, 5) is 36.0. The number of ether oxygens (including phenoxy) is 1. The molecular weight excluding hydrogens is 432 g/mol. The summed E-state index contributed by atoms with van der Waals surface area (Å²) in [5.41, 5.74) is 4.39. The first kappa shape index (κ1) is 23.8. The van der Waals surface area contributed by atoms with Crippen LogP contribution in [0.4, 0.5) is 4.79 Å². The molecule has 180 valence electrons. The first-order valence-electron chi connectivity index (χ1n) is 12.0. The van der Waals surface area contributed by atoms with Crippen LogP contribution in [-0.4, -0.2) is 42.3 Å². The summed E-state index contributed by atoms with van der Waals surface area (Å²) in [6.45, 7) is 2.47. The van der Waals surface area contributed by atoms with Crippen molar-refractivity contribution in [2.45, 2.75) is 57.4 Å². The predicted molar refractivity (Wildman–Crippen MR) is 128 cm³/mol. The minimum Gasteiger partial charge on any atom is -0.481 e. The third kappa shape index (κ3) is 5.24. The lowest BCUT2D eigenvalue weighted by Gasteiger charge is -2.41. The third-order valence-electron chi connectivity index (χ3n) is 7.18. The highest BCUT2D eigenvalue weighted by Gasteiger charge is 2.39. The van der Waals surface area contributed by atoms with Crippen molar-refractivity contribution >= 4 is 18.0 Å². The number of rotatable bonds is 10. The van der Waals surface area contributed by atoms with E-state index in [4.69, 9.17) is 9.84 Å². The van der Waals surface area contributed by atoms with Gasteiger partial charge in [-0.15, -0.1) is 0 Å². The molecular formula is C27H32N2O5. The molecule has 0 spiro atoms. The maximum Gasteiger partial charge on any atom is 0.407 e. The van der Waals surface area contributed by atoms with Gasteiger partial charge in [-0.3, -0.25) is 9.59 Å². The first-order valence-corrected chi connectivity index (χ1v) is 12.0. The minimum absolute atomic E-state index is 0.00167. The van der Waals surface area contributed by atoms with Crippen molar-refractivity contribution < 1.29 is 24.2 Å². The average molecular weight is 465 g/mol. The zero-order valence-corrected chi connectivity index (χ0v) is 19.5. The highest BCUT2D eigenvalue weighted by molar-refractivity contribution is 5.79. The lowest BCUT2D eigenvalue weighted by Crippen LogP contribution is -2.47.